The molecule has 0 unspecified atom stereocenters. The summed E-state index contributed by atoms with van der Waals surface area (Å²) < 4.78 is 18.2. The molecule has 28 heavy (non-hydrogen) atoms. The second-order valence-electron chi connectivity index (χ2n) is 6.48. The van der Waals surface area contributed by atoms with Crippen molar-refractivity contribution in [3.63, 3.8) is 0 Å². The summed E-state index contributed by atoms with van der Waals surface area (Å²) in [5, 5.41) is 6.48. The molecule has 2 N–H and O–H groups in total. The number of aryl methyl sites for hydroxylation is 1. The molecule has 2 aromatic heterocycles. The quantitative estimate of drug-likeness (QED) is 0.575. The average molecular weight is 409 g/mol. The first-order valence-electron chi connectivity index (χ1n) is 8.84. The Morgan fingerprint density at radius 3 is 2.61 bits per heavy atom. The van der Waals surface area contributed by atoms with Crippen molar-refractivity contribution >= 4 is 28.7 Å². The molecule has 0 fully saturated rings. The number of halogens is 2. The maximum atomic E-state index is 14.4. The number of nitrogens with zero attached hydrogens (tertiary/aromatic N) is 4. The van der Waals surface area contributed by atoms with Crippen LogP contribution in [0, 0.1) is 5.82 Å². The van der Waals surface area contributed by atoms with Gasteiger partial charge in [0.2, 0.25) is 5.95 Å². The molecule has 0 amide bonds. The number of imidazole rings is 1. The number of nitrogens with one attached hydrogen (secondary N) is 2. The summed E-state index contributed by atoms with van der Waals surface area (Å²) in [5.74, 6) is -0.0964. The first-order chi connectivity index (χ1) is 13.4. The van der Waals surface area contributed by atoms with Crippen molar-refractivity contribution < 1.29 is 4.39 Å². The minimum Gasteiger partial charge on any atom is -0.356 e. The Morgan fingerprint density at radius 1 is 1.18 bits per heavy atom. The Hall–Kier alpha value is -2.65. The minimum atomic E-state index is -0.499. The van der Waals surface area contributed by atoms with Crippen LogP contribution in [0.25, 0.3) is 11.2 Å². The minimum absolute atomic E-state index is 0.00378. The standard InChI is InChI=1S/C18H22ClFN6O2/c1-21-8-5-9-22-17-23-15-14(16(27)25(3)18(28)24(15)2)26(17)10-11-12(19)6-4-7-13(11)20/h4,6-7,21H,5,8-10H2,1-3H3,(H,22,23). The summed E-state index contributed by atoms with van der Waals surface area (Å²) in [7, 11) is 4.80. The molecule has 0 aliphatic carbocycles. The summed E-state index contributed by atoms with van der Waals surface area (Å²) in [4.78, 5) is 29.5. The van der Waals surface area contributed by atoms with Crippen molar-refractivity contribution in [3.05, 3.63) is 55.4 Å². The third-order valence-electron chi connectivity index (χ3n) is 4.61. The van der Waals surface area contributed by atoms with Crippen LogP contribution in [-0.2, 0) is 20.6 Å². The number of fused-ring (bicyclic) bond motifs is 1. The Morgan fingerprint density at radius 2 is 1.93 bits per heavy atom. The lowest BCUT2D eigenvalue weighted by Gasteiger charge is -2.12. The summed E-state index contributed by atoms with van der Waals surface area (Å²) in [6.45, 7) is 1.39. The van der Waals surface area contributed by atoms with Gasteiger partial charge in [-0.15, -0.1) is 0 Å². The van der Waals surface area contributed by atoms with E-state index in [1.807, 2.05) is 7.05 Å². The van der Waals surface area contributed by atoms with Crippen molar-refractivity contribution in [2.45, 2.75) is 13.0 Å². The van der Waals surface area contributed by atoms with Crippen molar-refractivity contribution in [3.8, 4) is 0 Å². The average Bonchev–Trinajstić information content (AvgIpc) is 3.03. The van der Waals surface area contributed by atoms with Gasteiger partial charge >= 0.3 is 5.69 Å². The van der Waals surface area contributed by atoms with E-state index in [0.29, 0.717) is 12.5 Å². The van der Waals surface area contributed by atoms with E-state index in [1.165, 1.54) is 23.7 Å². The van der Waals surface area contributed by atoms with Crippen molar-refractivity contribution in [1.82, 2.24) is 24.0 Å². The van der Waals surface area contributed by atoms with E-state index < -0.39 is 17.1 Å². The fraction of sp³-hybridized carbons (Fsp3) is 0.389. The predicted molar refractivity (Wildman–Crippen MR) is 108 cm³/mol. The van der Waals surface area contributed by atoms with E-state index in [0.717, 1.165) is 17.5 Å². The molecule has 2 heterocycles. The van der Waals surface area contributed by atoms with E-state index in [1.54, 1.807) is 17.7 Å². The first-order valence-corrected chi connectivity index (χ1v) is 9.22. The molecule has 0 saturated heterocycles. The van der Waals surface area contributed by atoms with Crippen LogP contribution in [0.4, 0.5) is 10.3 Å². The Balaban J connectivity index is 2.19. The smallest absolute Gasteiger partial charge is 0.332 e. The summed E-state index contributed by atoms with van der Waals surface area (Å²) in [5.41, 5.74) is -0.288. The molecule has 0 aliphatic heterocycles. The molecule has 0 spiro atoms. The zero-order valence-electron chi connectivity index (χ0n) is 15.9. The highest BCUT2D eigenvalue weighted by molar-refractivity contribution is 6.31. The predicted octanol–water partition coefficient (Wildman–Crippen LogP) is 1.30. The molecule has 3 aromatic rings. The van der Waals surface area contributed by atoms with Crippen molar-refractivity contribution in [2.24, 2.45) is 14.1 Å². The Labute approximate surface area is 165 Å². The lowest BCUT2D eigenvalue weighted by molar-refractivity contribution is 0.601. The molecule has 0 radical (unpaired) electrons. The fourth-order valence-corrected chi connectivity index (χ4v) is 3.27. The van der Waals surface area contributed by atoms with E-state index >= 15 is 0 Å². The highest BCUT2D eigenvalue weighted by Crippen LogP contribution is 2.24. The number of benzene rings is 1. The van der Waals surface area contributed by atoms with Crippen LogP contribution in [0.3, 0.4) is 0 Å². The largest absolute Gasteiger partial charge is 0.356 e. The van der Waals surface area contributed by atoms with E-state index in [-0.39, 0.29) is 28.3 Å². The third-order valence-corrected chi connectivity index (χ3v) is 4.97. The van der Waals surface area contributed by atoms with Gasteiger partial charge in [-0.1, -0.05) is 17.7 Å². The molecule has 0 saturated carbocycles. The summed E-state index contributed by atoms with van der Waals surface area (Å²) in [6, 6.07) is 4.42. The second-order valence-corrected chi connectivity index (χ2v) is 6.89. The maximum Gasteiger partial charge on any atom is 0.332 e. The number of hydrogen-bond acceptors (Lipinski definition) is 5. The van der Waals surface area contributed by atoms with Gasteiger partial charge in [0.05, 0.1) is 6.54 Å². The van der Waals surface area contributed by atoms with E-state index in [4.69, 9.17) is 11.6 Å². The fourth-order valence-electron chi connectivity index (χ4n) is 3.04. The van der Waals surface area contributed by atoms with Gasteiger partial charge in [-0.25, -0.2) is 9.18 Å². The molecular weight excluding hydrogens is 387 g/mol. The lowest BCUT2D eigenvalue weighted by Crippen LogP contribution is -2.37. The van der Waals surface area contributed by atoms with E-state index in [9.17, 15) is 14.0 Å². The normalized spacial score (nSPS) is 11.3. The van der Waals surface area contributed by atoms with Gasteiger partial charge in [-0.3, -0.25) is 18.5 Å². The zero-order chi connectivity index (χ0) is 20.4. The van der Waals surface area contributed by atoms with Crippen molar-refractivity contribution in [1.29, 1.82) is 0 Å². The summed E-state index contributed by atoms with van der Waals surface area (Å²) in [6.07, 6.45) is 0.817. The lowest BCUT2D eigenvalue weighted by atomic mass is 10.2. The van der Waals surface area contributed by atoms with Gasteiger partial charge in [0.25, 0.3) is 5.56 Å². The van der Waals surface area contributed by atoms with Gasteiger partial charge in [0.15, 0.2) is 11.2 Å². The van der Waals surface area contributed by atoms with Crippen LogP contribution in [0.15, 0.2) is 27.8 Å². The molecule has 0 aliphatic rings. The van der Waals surface area contributed by atoms with E-state index in [2.05, 4.69) is 15.6 Å². The van der Waals surface area contributed by atoms with Gasteiger partial charge in [-0.2, -0.15) is 4.98 Å². The van der Waals surface area contributed by atoms with Gasteiger partial charge in [0, 0.05) is 31.2 Å². The molecule has 0 bridgehead atoms. The van der Waals surface area contributed by atoms with Crippen LogP contribution in [-0.4, -0.2) is 38.8 Å². The SMILES string of the molecule is CNCCCNc1nc2c(c(=O)n(C)c(=O)n2C)n1Cc1c(F)cccc1Cl. The zero-order valence-corrected chi connectivity index (χ0v) is 16.7. The van der Waals surface area contributed by atoms with Gasteiger partial charge in [-0.05, 0) is 32.1 Å². The van der Waals surface area contributed by atoms with Gasteiger partial charge in [0.1, 0.15) is 5.82 Å². The summed E-state index contributed by atoms with van der Waals surface area (Å²) >= 11 is 6.18. The van der Waals surface area contributed by atoms with Crippen molar-refractivity contribution in [2.75, 3.05) is 25.5 Å². The van der Waals surface area contributed by atoms with Gasteiger partial charge < -0.3 is 10.6 Å². The molecule has 0 atom stereocenters. The molecular formula is C18H22ClFN6O2. The van der Waals surface area contributed by atoms with Crippen LogP contribution in [0.5, 0.6) is 0 Å². The molecule has 8 nitrogen and oxygen atoms in total. The number of anilines is 1. The molecule has 1 aromatic carbocycles. The maximum absolute atomic E-state index is 14.4. The molecule has 150 valence electrons. The monoisotopic (exact) mass is 408 g/mol. The number of rotatable bonds is 7. The van der Waals surface area contributed by atoms with Crippen LogP contribution in [0.1, 0.15) is 12.0 Å². The topological polar surface area (TPSA) is 85.9 Å². The number of hydrogen-bond donors (Lipinski definition) is 2. The third kappa shape index (κ3) is 3.55. The Kier molecular flexibility index (Phi) is 5.85. The highest BCUT2D eigenvalue weighted by atomic mass is 35.5. The van der Waals surface area contributed by atoms with Crippen LogP contribution >= 0.6 is 11.6 Å². The van der Waals surface area contributed by atoms with Crippen LogP contribution in [0.2, 0.25) is 5.02 Å². The first kappa shape index (κ1) is 20.1. The Bertz CT molecular complexity index is 1110. The highest BCUT2D eigenvalue weighted by Gasteiger charge is 2.20. The molecule has 3 rings (SSSR count). The molecule has 10 heteroatoms. The second kappa shape index (κ2) is 8.15. The van der Waals surface area contributed by atoms with Crippen LogP contribution < -0.4 is 21.9 Å². The number of aromatic nitrogens is 4.